The maximum absolute atomic E-state index is 12.6. The van der Waals surface area contributed by atoms with Crippen LogP contribution >= 0.6 is 0 Å². The molecule has 0 radical (unpaired) electrons. The predicted molar refractivity (Wildman–Crippen MR) is 85.9 cm³/mol. The van der Waals surface area contributed by atoms with Gasteiger partial charge in [-0.25, -0.2) is 8.42 Å². The standard InChI is InChI=1S/C14H21N5O4S/c1-10(15-2)7-13-17-14(23-18-13)12-8-11(9-16-12)24(20,21)19-3-5-22-6-4-19/h8-10,15-16H,3-7H2,1-2H3. The van der Waals surface area contributed by atoms with Crippen molar-refractivity contribution in [3.05, 3.63) is 18.1 Å². The van der Waals surface area contributed by atoms with Gasteiger partial charge >= 0.3 is 0 Å². The van der Waals surface area contributed by atoms with Crippen molar-refractivity contribution in [3.8, 4) is 11.6 Å². The quantitative estimate of drug-likeness (QED) is 0.763. The van der Waals surface area contributed by atoms with Crippen molar-refractivity contribution in [3.63, 3.8) is 0 Å². The molecule has 1 fully saturated rings. The van der Waals surface area contributed by atoms with Gasteiger partial charge in [0.05, 0.1) is 13.2 Å². The van der Waals surface area contributed by atoms with E-state index < -0.39 is 10.0 Å². The van der Waals surface area contributed by atoms with E-state index in [9.17, 15) is 8.42 Å². The summed E-state index contributed by atoms with van der Waals surface area (Å²) in [6.45, 7) is 3.54. The van der Waals surface area contributed by atoms with Gasteiger partial charge in [0.25, 0.3) is 5.89 Å². The predicted octanol–water partition coefficient (Wildman–Crippen LogP) is 0.236. The first-order valence-electron chi connectivity index (χ1n) is 7.77. The number of likely N-dealkylation sites (N-methyl/N-ethyl adjacent to an activating group) is 1. The lowest BCUT2D eigenvalue weighted by molar-refractivity contribution is 0.0730. The van der Waals surface area contributed by atoms with E-state index >= 15 is 0 Å². The lowest BCUT2D eigenvalue weighted by Crippen LogP contribution is -2.40. The molecular formula is C14H21N5O4S. The van der Waals surface area contributed by atoms with E-state index in [1.807, 2.05) is 14.0 Å². The highest BCUT2D eigenvalue weighted by Crippen LogP contribution is 2.23. The van der Waals surface area contributed by atoms with Gasteiger partial charge in [0.2, 0.25) is 10.0 Å². The Morgan fingerprint density at radius 1 is 1.42 bits per heavy atom. The topological polar surface area (TPSA) is 113 Å². The highest BCUT2D eigenvalue weighted by atomic mass is 32.2. The molecule has 10 heteroatoms. The fraction of sp³-hybridized carbons (Fsp3) is 0.571. The van der Waals surface area contributed by atoms with Crippen LogP contribution in [-0.2, 0) is 21.2 Å². The number of nitrogens with one attached hydrogen (secondary N) is 2. The summed E-state index contributed by atoms with van der Waals surface area (Å²) in [7, 11) is -1.68. The molecule has 1 aliphatic rings. The Hall–Kier alpha value is -1.75. The number of morpholine rings is 1. The SMILES string of the molecule is CNC(C)Cc1noc(-c2cc(S(=O)(=O)N3CCOCC3)c[nH]2)n1. The molecule has 0 amide bonds. The lowest BCUT2D eigenvalue weighted by Gasteiger charge is -2.25. The van der Waals surface area contributed by atoms with Crippen molar-refractivity contribution < 1.29 is 17.7 Å². The Bertz CT molecular complexity index is 779. The van der Waals surface area contributed by atoms with Crippen molar-refractivity contribution in [2.75, 3.05) is 33.4 Å². The molecule has 0 spiro atoms. The van der Waals surface area contributed by atoms with Gasteiger partial charge in [0.1, 0.15) is 10.6 Å². The first-order valence-corrected chi connectivity index (χ1v) is 9.21. The number of hydrogen-bond donors (Lipinski definition) is 2. The summed E-state index contributed by atoms with van der Waals surface area (Å²) in [6, 6.07) is 1.74. The highest BCUT2D eigenvalue weighted by molar-refractivity contribution is 7.89. The molecule has 0 aromatic carbocycles. The smallest absolute Gasteiger partial charge is 0.274 e. The summed E-state index contributed by atoms with van der Waals surface area (Å²) >= 11 is 0. The molecule has 0 bridgehead atoms. The molecule has 9 nitrogen and oxygen atoms in total. The molecule has 1 atom stereocenters. The van der Waals surface area contributed by atoms with Crippen LogP contribution < -0.4 is 5.32 Å². The fourth-order valence-corrected chi connectivity index (χ4v) is 3.81. The Labute approximate surface area is 140 Å². The van der Waals surface area contributed by atoms with Gasteiger partial charge in [-0.15, -0.1) is 0 Å². The van der Waals surface area contributed by atoms with Crippen LogP contribution in [0.1, 0.15) is 12.7 Å². The van der Waals surface area contributed by atoms with Crippen molar-refractivity contribution in [1.82, 2.24) is 24.7 Å². The van der Waals surface area contributed by atoms with E-state index in [4.69, 9.17) is 9.26 Å². The van der Waals surface area contributed by atoms with Crippen LogP contribution in [0.3, 0.4) is 0 Å². The first-order chi connectivity index (χ1) is 11.5. The minimum absolute atomic E-state index is 0.183. The molecule has 0 aliphatic carbocycles. The zero-order chi connectivity index (χ0) is 17.2. The zero-order valence-corrected chi connectivity index (χ0v) is 14.5. The van der Waals surface area contributed by atoms with Gasteiger partial charge in [-0.2, -0.15) is 9.29 Å². The molecular weight excluding hydrogens is 334 g/mol. The molecule has 2 aromatic rings. The van der Waals surface area contributed by atoms with Crippen molar-refractivity contribution in [2.45, 2.75) is 24.3 Å². The van der Waals surface area contributed by atoms with Crippen molar-refractivity contribution in [2.24, 2.45) is 0 Å². The number of ether oxygens (including phenoxy) is 1. The lowest BCUT2D eigenvalue weighted by atomic mass is 10.2. The van der Waals surface area contributed by atoms with Crippen LogP contribution in [-0.4, -0.2) is 67.2 Å². The van der Waals surface area contributed by atoms with Crippen LogP contribution in [0.5, 0.6) is 0 Å². The van der Waals surface area contributed by atoms with E-state index in [0.29, 0.717) is 44.2 Å². The Morgan fingerprint density at radius 2 is 2.17 bits per heavy atom. The minimum atomic E-state index is -3.54. The van der Waals surface area contributed by atoms with Crippen molar-refractivity contribution >= 4 is 10.0 Å². The molecule has 132 valence electrons. The summed E-state index contributed by atoms with van der Waals surface area (Å²) < 4.78 is 37.0. The number of nitrogens with zero attached hydrogens (tertiary/aromatic N) is 3. The van der Waals surface area contributed by atoms with Gasteiger partial charge in [-0.1, -0.05) is 5.16 Å². The van der Waals surface area contributed by atoms with Crippen LogP contribution in [0.4, 0.5) is 0 Å². The second-order valence-electron chi connectivity index (χ2n) is 5.68. The van der Waals surface area contributed by atoms with E-state index in [0.717, 1.165) is 0 Å². The molecule has 2 aromatic heterocycles. The number of aromatic nitrogens is 3. The summed E-state index contributed by atoms with van der Waals surface area (Å²) in [6.07, 6.45) is 2.07. The second-order valence-corrected chi connectivity index (χ2v) is 7.61. The molecule has 24 heavy (non-hydrogen) atoms. The fourth-order valence-electron chi connectivity index (χ4n) is 2.41. The van der Waals surface area contributed by atoms with Gasteiger partial charge in [0, 0.05) is 31.7 Å². The largest absolute Gasteiger partial charge is 0.379 e. The maximum Gasteiger partial charge on any atom is 0.274 e. The van der Waals surface area contributed by atoms with Crippen LogP contribution in [0.15, 0.2) is 21.7 Å². The average molecular weight is 355 g/mol. The number of sulfonamides is 1. The van der Waals surface area contributed by atoms with Gasteiger partial charge < -0.3 is 19.6 Å². The molecule has 3 rings (SSSR count). The van der Waals surface area contributed by atoms with Crippen LogP contribution in [0.25, 0.3) is 11.6 Å². The number of rotatable bonds is 6. The monoisotopic (exact) mass is 355 g/mol. The molecule has 1 unspecified atom stereocenters. The molecule has 1 aliphatic heterocycles. The maximum atomic E-state index is 12.6. The molecule has 3 heterocycles. The number of hydrogen-bond acceptors (Lipinski definition) is 7. The second kappa shape index (κ2) is 7.01. The molecule has 1 saturated heterocycles. The molecule has 0 saturated carbocycles. The number of aromatic amines is 1. The third-order valence-corrected chi connectivity index (χ3v) is 5.82. The third-order valence-electron chi connectivity index (χ3n) is 3.94. The Balaban J connectivity index is 1.78. The van der Waals surface area contributed by atoms with E-state index in [1.165, 1.54) is 16.6 Å². The van der Waals surface area contributed by atoms with E-state index in [2.05, 4.69) is 20.4 Å². The highest BCUT2D eigenvalue weighted by Gasteiger charge is 2.28. The van der Waals surface area contributed by atoms with Crippen LogP contribution in [0.2, 0.25) is 0 Å². The Kier molecular flexibility index (Phi) is 4.99. The summed E-state index contributed by atoms with van der Waals surface area (Å²) in [5.41, 5.74) is 0.484. The zero-order valence-electron chi connectivity index (χ0n) is 13.7. The van der Waals surface area contributed by atoms with Gasteiger partial charge in [0.15, 0.2) is 5.82 Å². The van der Waals surface area contributed by atoms with Crippen molar-refractivity contribution in [1.29, 1.82) is 0 Å². The normalized spacial score (nSPS) is 17.9. The minimum Gasteiger partial charge on any atom is -0.379 e. The van der Waals surface area contributed by atoms with Crippen LogP contribution in [0, 0.1) is 0 Å². The third kappa shape index (κ3) is 3.51. The molecule has 2 N–H and O–H groups in total. The van der Waals surface area contributed by atoms with Gasteiger partial charge in [-0.05, 0) is 20.0 Å². The summed E-state index contributed by atoms with van der Waals surface area (Å²) in [5.74, 6) is 0.843. The average Bonchev–Trinajstić information content (AvgIpc) is 3.25. The first kappa shape index (κ1) is 17.1. The van der Waals surface area contributed by atoms with E-state index in [1.54, 1.807) is 0 Å². The Morgan fingerprint density at radius 3 is 2.88 bits per heavy atom. The number of H-pyrrole nitrogens is 1. The van der Waals surface area contributed by atoms with Gasteiger partial charge in [-0.3, -0.25) is 0 Å². The summed E-state index contributed by atoms with van der Waals surface area (Å²) in [4.78, 5) is 7.38. The summed E-state index contributed by atoms with van der Waals surface area (Å²) in [5, 5.41) is 7.02. The van der Waals surface area contributed by atoms with E-state index in [-0.39, 0.29) is 16.8 Å².